The fourth-order valence-electron chi connectivity index (χ4n) is 2.15. The molecule has 3 rings (SSSR count). The molecule has 0 radical (unpaired) electrons. The molecule has 0 spiro atoms. The van der Waals surface area contributed by atoms with Gasteiger partial charge in [0.25, 0.3) is 5.91 Å². The number of thiocarbonyl (C=S) groups is 1. The fourth-order valence-corrected chi connectivity index (χ4v) is 3.18. The average molecular weight is 371 g/mol. The molecule has 1 fully saturated rings. The molecule has 1 amide bonds. The van der Waals surface area contributed by atoms with Crippen LogP contribution in [0, 0.1) is 0 Å². The van der Waals surface area contributed by atoms with Crippen molar-refractivity contribution in [2.24, 2.45) is 0 Å². The number of amides is 1. The first-order valence-corrected chi connectivity index (χ1v) is 8.52. The second-order valence-electron chi connectivity index (χ2n) is 5.02. The summed E-state index contributed by atoms with van der Waals surface area (Å²) in [5.41, 5.74) is 1.16. The van der Waals surface area contributed by atoms with Crippen molar-refractivity contribution >= 4 is 46.3 Å². The van der Waals surface area contributed by atoms with Crippen LogP contribution in [0.15, 0.2) is 58.4 Å². The number of hydrogen-bond donors (Lipinski definition) is 1. The predicted octanol–water partition coefficient (Wildman–Crippen LogP) is 3.78. The Morgan fingerprint density at radius 2 is 2.20 bits per heavy atom. The zero-order valence-electron chi connectivity index (χ0n) is 13.0. The molecule has 1 N–H and O–H groups in total. The Morgan fingerprint density at radius 3 is 2.92 bits per heavy atom. The van der Waals surface area contributed by atoms with Crippen molar-refractivity contribution in [3.63, 3.8) is 0 Å². The van der Waals surface area contributed by atoms with Crippen molar-refractivity contribution < 1.29 is 18.7 Å². The summed E-state index contributed by atoms with van der Waals surface area (Å²) in [6.45, 7) is 3.67. The molecular weight excluding hydrogens is 358 g/mol. The summed E-state index contributed by atoms with van der Waals surface area (Å²) in [6, 6.07) is 10.5. The number of ether oxygens (including phenoxy) is 1. The lowest BCUT2D eigenvalue weighted by molar-refractivity contribution is -0.115. The van der Waals surface area contributed by atoms with Gasteiger partial charge < -0.3 is 14.5 Å². The van der Waals surface area contributed by atoms with Crippen molar-refractivity contribution in [1.29, 1.82) is 0 Å². The maximum Gasteiger partial charge on any atom is 0.338 e. The van der Waals surface area contributed by atoms with Gasteiger partial charge in [-0.1, -0.05) is 48.8 Å². The molecule has 1 aliphatic rings. The molecule has 126 valence electrons. The van der Waals surface area contributed by atoms with Crippen LogP contribution in [0.4, 0.5) is 0 Å². The van der Waals surface area contributed by atoms with E-state index >= 15 is 0 Å². The standard InChI is InChI=1S/C18H13NO4S2/c1-2-8-22-17(21)12-5-3-4-11(9-12)14-7-6-13(23-14)10-15-16(20)19-18(24)25-15/h2-7,9-10H,1,8H2,(H,19,20,24)/b15-10+. The van der Waals surface area contributed by atoms with Crippen LogP contribution in [0.5, 0.6) is 0 Å². The first-order valence-electron chi connectivity index (χ1n) is 7.30. The van der Waals surface area contributed by atoms with E-state index in [1.807, 2.05) is 6.07 Å². The van der Waals surface area contributed by atoms with E-state index in [-0.39, 0.29) is 12.5 Å². The zero-order valence-corrected chi connectivity index (χ0v) is 14.6. The second kappa shape index (κ2) is 7.50. The van der Waals surface area contributed by atoms with E-state index in [1.54, 1.807) is 36.4 Å². The van der Waals surface area contributed by atoms with Gasteiger partial charge in [-0.3, -0.25) is 4.79 Å². The number of nitrogens with one attached hydrogen (secondary N) is 1. The number of hydrogen-bond acceptors (Lipinski definition) is 6. The van der Waals surface area contributed by atoms with Gasteiger partial charge in [-0.25, -0.2) is 4.79 Å². The lowest BCUT2D eigenvalue weighted by Crippen LogP contribution is -2.17. The van der Waals surface area contributed by atoms with Crippen LogP contribution >= 0.6 is 24.0 Å². The van der Waals surface area contributed by atoms with Gasteiger partial charge in [0.05, 0.1) is 10.5 Å². The van der Waals surface area contributed by atoms with Crippen molar-refractivity contribution in [3.05, 3.63) is 65.3 Å². The Bertz CT molecular complexity index is 898. The molecule has 7 heteroatoms. The predicted molar refractivity (Wildman–Crippen MR) is 101 cm³/mol. The molecule has 5 nitrogen and oxygen atoms in total. The summed E-state index contributed by atoms with van der Waals surface area (Å²) in [5.74, 6) is 0.441. The lowest BCUT2D eigenvalue weighted by Gasteiger charge is -2.03. The van der Waals surface area contributed by atoms with Crippen LogP contribution in [0.25, 0.3) is 17.4 Å². The summed E-state index contributed by atoms with van der Waals surface area (Å²) in [7, 11) is 0. The van der Waals surface area contributed by atoms with Crippen LogP contribution < -0.4 is 5.32 Å². The van der Waals surface area contributed by atoms with Gasteiger partial charge in [-0.05, 0) is 24.3 Å². The molecule has 2 aromatic rings. The smallest absolute Gasteiger partial charge is 0.338 e. The van der Waals surface area contributed by atoms with Crippen LogP contribution in [-0.4, -0.2) is 22.8 Å². The highest BCUT2D eigenvalue weighted by atomic mass is 32.2. The van der Waals surface area contributed by atoms with Gasteiger partial charge in [0.15, 0.2) is 0 Å². The summed E-state index contributed by atoms with van der Waals surface area (Å²) >= 11 is 6.14. The van der Waals surface area contributed by atoms with E-state index in [0.29, 0.717) is 26.3 Å². The van der Waals surface area contributed by atoms with Crippen molar-refractivity contribution in [1.82, 2.24) is 5.32 Å². The molecule has 25 heavy (non-hydrogen) atoms. The van der Waals surface area contributed by atoms with Crippen molar-refractivity contribution in [2.75, 3.05) is 6.61 Å². The summed E-state index contributed by atoms with van der Waals surface area (Å²) in [5, 5.41) is 2.55. The van der Waals surface area contributed by atoms with E-state index in [4.69, 9.17) is 21.4 Å². The number of benzene rings is 1. The largest absolute Gasteiger partial charge is 0.458 e. The van der Waals surface area contributed by atoms with Gasteiger partial charge >= 0.3 is 5.97 Å². The molecule has 2 heterocycles. The normalized spacial score (nSPS) is 15.3. The first kappa shape index (κ1) is 17.2. The minimum atomic E-state index is -0.428. The average Bonchev–Trinajstić information content (AvgIpc) is 3.19. The number of carbonyl (C=O) groups excluding carboxylic acids is 2. The van der Waals surface area contributed by atoms with Crippen LogP contribution in [-0.2, 0) is 9.53 Å². The highest BCUT2D eigenvalue weighted by Gasteiger charge is 2.22. The molecule has 1 aliphatic heterocycles. The Hall–Kier alpha value is -2.64. The first-order chi connectivity index (χ1) is 12.1. The van der Waals surface area contributed by atoms with E-state index in [0.717, 1.165) is 5.56 Å². The van der Waals surface area contributed by atoms with Crippen LogP contribution in [0.2, 0.25) is 0 Å². The van der Waals surface area contributed by atoms with Crippen molar-refractivity contribution in [3.8, 4) is 11.3 Å². The third-order valence-electron chi connectivity index (χ3n) is 3.26. The van der Waals surface area contributed by atoms with E-state index in [9.17, 15) is 9.59 Å². The lowest BCUT2D eigenvalue weighted by atomic mass is 10.1. The van der Waals surface area contributed by atoms with Crippen LogP contribution in [0.1, 0.15) is 16.1 Å². The number of esters is 1. The molecule has 0 aliphatic carbocycles. The summed E-state index contributed by atoms with van der Waals surface area (Å²) in [4.78, 5) is 24.1. The number of furan rings is 1. The fraction of sp³-hybridized carbons (Fsp3) is 0.0556. The highest BCUT2D eigenvalue weighted by molar-refractivity contribution is 8.26. The Morgan fingerprint density at radius 1 is 1.36 bits per heavy atom. The topological polar surface area (TPSA) is 68.5 Å². The van der Waals surface area contributed by atoms with Gasteiger partial charge in [-0.2, -0.15) is 0 Å². The molecule has 1 saturated heterocycles. The molecule has 1 aromatic carbocycles. The van der Waals surface area contributed by atoms with E-state index in [1.165, 1.54) is 17.8 Å². The number of carbonyl (C=O) groups is 2. The molecule has 0 atom stereocenters. The summed E-state index contributed by atoms with van der Waals surface area (Å²) in [6.07, 6.45) is 3.14. The van der Waals surface area contributed by atoms with Crippen LogP contribution in [0.3, 0.4) is 0 Å². The minimum absolute atomic E-state index is 0.156. The molecular formula is C18H13NO4S2. The quantitative estimate of drug-likeness (QED) is 0.373. The third-order valence-corrected chi connectivity index (χ3v) is 4.42. The Kier molecular flexibility index (Phi) is 5.16. The molecule has 1 aromatic heterocycles. The molecule has 0 unspecified atom stereocenters. The highest BCUT2D eigenvalue weighted by Crippen LogP contribution is 2.29. The van der Waals surface area contributed by atoms with Crippen molar-refractivity contribution in [2.45, 2.75) is 0 Å². The minimum Gasteiger partial charge on any atom is -0.458 e. The molecule has 0 bridgehead atoms. The van der Waals surface area contributed by atoms with Gasteiger partial charge in [-0.15, -0.1) is 0 Å². The van der Waals surface area contributed by atoms with Gasteiger partial charge in [0, 0.05) is 11.6 Å². The maximum absolute atomic E-state index is 11.9. The third kappa shape index (κ3) is 4.07. The van der Waals surface area contributed by atoms with E-state index in [2.05, 4.69) is 11.9 Å². The van der Waals surface area contributed by atoms with E-state index < -0.39 is 5.97 Å². The van der Waals surface area contributed by atoms with Gasteiger partial charge in [0.2, 0.25) is 0 Å². The SMILES string of the molecule is C=CCOC(=O)c1cccc(-c2ccc(/C=C3/SC(=S)NC3=O)o2)c1. The van der Waals surface area contributed by atoms with Gasteiger partial charge in [0.1, 0.15) is 22.4 Å². The number of thioether (sulfide) groups is 1. The summed E-state index contributed by atoms with van der Waals surface area (Å²) < 4.78 is 11.2. The molecule has 0 saturated carbocycles. The maximum atomic E-state index is 11.9. The number of rotatable bonds is 5. The monoisotopic (exact) mass is 371 g/mol. The Balaban J connectivity index is 1.82. The zero-order chi connectivity index (χ0) is 17.8. The second-order valence-corrected chi connectivity index (χ2v) is 6.74. The Labute approximate surface area is 153 Å².